The lowest BCUT2D eigenvalue weighted by molar-refractivity contribution is -0.137. The van der Waals surface area contributed by atoms with Crippen molar-refractivity contribution in [3.63, 3.8) is 0 Å². The molecule has 184 valence electrons. The first-order valence-corrected chi connectivity index (χ1v) is 11.8. The Morgan fingerprint density at radius 2 is 1.71 bits per heavy atom. The normalized spacial score (nSPS) is 15.3. The van der Waals surface area contributed by atoms with Crippen molar-refractivity contribution in [2.45, 2.75) is 37.6 Å². The number of nitrogens with one attached hydrogen (secondary N) is 2. The first-order valence-electron chi connectivity index (χ1n) is 11.8. The molecular weight excluding hydrogens is 450 g/mol. The molecule has 2 aromatic carbocycles. The molecule has 3 amide bonds. The molecule has 9 nitrogen and oxygen atoms in total. The number of hydrogen-bond acceptors (Lipinski definition) is 5. The summed E-state index contributed by atoms with van der Waals surface area (Å²) in [5.41, 5.74) is 4.34. The van der Waals surface area contributed by atoms with E-state index < -0.39 is 24.0 Å². The van der Waals surface area contributed by atoms with Gasteiger partial charge in [-0.1, -0.05) is 48.5 Å². The minimum Gasteiger partial charge on any atom is -0.481 e. The molecular formula is C26H29N3O6. The number of aliphatic carboxylic acids is 1. The monoisotopic (exact) mass is 479 g/mol. The molecule has 0 spiro atoms. The third kappa shape index (κ3) is 5.79. The van der Waals surface area contributed by atoms with E-state index in [1.165, 1.54) is 0 Å². The van der Waals surface area contributed by atoms with Crippen molar-refractivity contribution in [2.75, 3.05) is 26.2 Å². The molecule has 35 heavy (non-hydrogen) atoms. The van der Waals surface area contributed by atoms with Gasteiger partial charge in [-0.05, 0) is 35.1 Å². The van der Waals surface area contributed by atoms with Crippen LogP contribution in [0, 0.1) is 0 Å². The topological polar surface area (TPSA) is 125 Å². The minimum atomic E-state index is -1.07. The van der Waals surface area contributed by atoms with E-state index >= 15 is 0 Å². The van der Waals surface area contributed by atoms with Gasteiger partial charge in [-0.2, -0.15) is 0 Å². The number of carboxylic acids is 1. The van der Waals surface area contributed by atoms with Crippen LogP contribution in [-0.4, -0.2) is 66.2 Å². The van der Waals surface area contributed by atoms with Crippen molar-refractivity contribution in [1.82, 2.24) is 15.5 Å². The van der Waals surface area contributed by atoms with E-state index in [4.69, 9.17) is 9.84 Å². The van der Waals surface area contributed by atoms with Crippen LogP contribution >= 0.6 is 0 Å². The fourth-order valence-electron chi connectivity index (χ4n) is 4.70. The third-order valence-electron chi connectivity index (χ3n) is 6.45. The second-order valence-electron chi connectivity index (χ2n) is 8.73. The standard InChI is InChI=1S/C26H29N3O6/c30-23-10-5-14-29(23)15-13-27-25(33)22(11-12-24(31)32)28-26(34)35-16-21-19-8-3-1-6-17(19)18-7-2-4-9-20(18)21/h1-4,6-9,21-22H,5,10-16H2,(H,27,33)(H,28,34)(H,31,32). The van der Waals surface area contributed by atoms with Crippen LogP contribution in [0.15, 0.2) is 48.5 Å². The lowest BCUT2D eigenvalue weighted by Crippen LogP contribution is -2.48. The lowest BCUT2D eigenvalue weighted by atomic mass is 9.98. The van der Waals surface area contributed by atoms with Crippen LogP contribution in [0.1, 0.15) is 42.7 Å². The highest BCUT2D eigenvalue weighted by atomic mass is 16.5. The summed E-state index contributed by atoms with van der Waals surface area (Å²) in [5, 5.41) is 14.2. The Morgan fingerprint density at radius 3 is 2.31 bits per heavy atom. The maximum Gasteiger partial charge on any atom is 0.407 e. The molecule has 0 bridgehead atoms. The summed E-state index contributed by atoms with van der Waals surface area (Å²) in [6.45, 7) is 1.35. The van der Waals surface area contributed by atoms with Gasteiger partial charge in [0.25, 0.3) is 0 Å². The summed E-state index contributed by atoms with van der Waals surface area (Å²) >= 11 is 0. The van der Waals surface area contributed by atoms with Crippen LogP contribution in [0.25, 0.3) is 11.1 Å². The highest BCUT2D eigenvalue weighted by Gasteiger charge is 2.30. The molecule has 1 aliphatic carbocycles. The number of nitrogens with zero attached hydrogens (tertiary/aromatic N) is 1. The summed E-state index contributed by atoms with van der Waals surface area (Å²) in [6.07, 6.45) is 0.170. The number of likely N-dealkylation sites (tertiary alicyclic amines) is 1. The van der Waals surface area contributed by atoms with E-state index in [1.54, 1.807) is 4.90 Å². The van der Waals surface area contributed by atoms with Gasteiger partial charge in [0.2, 0.25) is 11.8 Å². The number of carbonyl (C=O) groups is 4. The molecule has 1 fully saturated rings. The quantitative estimate of drug-likeness (QED) is 0.481. The molecule has 0 saturated carbocycles. The van der Waals surface area contributed by atoms with Crippen molar-refractivity contribution in [3.8, 4) is 11.1 Å². The van der Waals surface area contributed by atoms with E-state index in [-0.39, 0.29) is 37.8 Å². The van der Waals surface area contributed by atoms with E-state index in [9.17, 15) is 19.2 Å². The average Bonchev–Trinajstić information content (AvgIpc) is 3.41. The highest BCUT2D eigenvalue weighted by molar-refractivity contribution is 5.86. The number of carboxylic acid groups (broad SMARTS) is 1. The van der Waals surface area contributed by atoms with E-state index in [1.807, 2.05) is 48.5 Å². The largest absolute Gasteiger partial charge is 0.481 e. The molecule has 3 N–H and O–H groups in total. The van der Waals surface area contributed by atoms with E-state index in [0.717, 1.165) is 28.7 Å². The smallest absolute Gasteiger partial charge is 0.407 e. The Morgan fingerprint density at radius 1 is 1.06 bits per heavy atom. The maximum atomic E-state index is 12.7. The summed E-state index contributed by atoms with van der Waals surface area (Å²) < 4.78 is 5.50. The number of alkyl carbamates (subject to hydrolysis) is 1. The average molecular weight is 480 g/mol. The fourth-order valence-corrected chi connectivity index (χ4v) is 4.70. The number of fused-ring (bicyclic) bond motifs is 3. The molecule has 9 heteroatoms. The predicted molar refractivity (Wildman–Crippen MR) is 128 cm³/mol. The van der Waals surface area contributed by atoms with Gasteiger partial charge in [-0.25, -0.2) is 4.79 Å². The summed E-state index contributed by atoms with van der Waals surface area (Å²) in [7, 11) is 0. The molecule has 1 heterocycles. The molecule has 1 unspecified atom stereocenters. The van der Waals surface area contributed by atoms with Crippen molar-refractivity contribution in [2.24, 2.45) is 0 Å². The predicted octanol–water partition coefficient (Wildman–Crippen LogP) is 2.50. The van der Waals surface area contributed by atoms with Gasteiger partial charge >= 0.3 is 12.1 Å². The van der Waals surface area contributed by atoms with Crippen LogP contribution < -0.4 is 10.6 Å². The molecule has 2 aliphatic rings. The molecule has 0 radical (unpaired) electrons. The Kier molecular flexibility index (Phi) is 7.64. The van der Waals surface area contributed by atoms with Crippen LogP contribution in [0.2, 0.25) is 0 Å². The van der Waals surface area contributed by atoms with Crippen LogP contribution in [0.4, 0.5) is 4.79 Å². The molecule has 1 atom stereocenters. The number of carbonyl (C=O) groups excluding carboxylic acids is 3. The zero-order valence-electron chi connectivity index (χ0n) is 19.4. The van der Waals surface area contributed by atoms with Crippen LogP contribution in [-0.2, 0) is 19.1 Å². The molecule has 1 aliphatic heterocycles. The van der Waals surface area contributed by atoms with Crippen molar-refractivity contribution < 1.29 is 29.0 Å². The molecule has 4 rings (SSSR count). The van der Waals surface area contributed by atoms with Gasteiger partial charge in [-0.15, -0.1) is 0 Å². The van der Waals surface area contributed by atoms with Crippen molar-refractivity contribution in [1.29, 1.82) is 0 Å². The van der Waals surface area contributed by atoms with Gasteiger partial charge in [0.15, 0.2) is 0 Å². The Hall–Kier alpha value is -3.88. The van der Waals surface area contributed by atoms with E-state index in [2.05, 4.69) is 10.6 Å². The van der Waals surface area contributed by atoms with Gasteiger partial charge in [0.05, 0.1) is 0 Å². The molecule has 0 aromatic heterocycles. The Balaban J connectivity index is 1.34. The van der Waals surface area contributed by atoms with Gasteiger partial charge < -0.3 is 25.4 Å². The fraction of sp³-hybridized carbons (Fsp3) is 0.385. The van der Waals surface area contributed by atoms with Gasteiger partial charge in [0, 0.05) is 38.4 Å². The summed E-state index contributed by atoms with van der Waals surface area (Å²) in [6, 6.07) is 14.9. The number of ether oxygens (including phenoxy) is 1. The second-order valence-corrected chi connectivity index (χ2v) is 8.73. The van der Waals surface area contributed by atoms with Gasteiger partial charge in [-0.3, -0.25) is 14.4 Å². The third-order valence-corrected chi connectivity index (χ3v) is 6.45. The minimum absolute atomic E-state index is 0.0541. The number of amides is 3. The Labute approximate surface area is 203 Å². The van der Waals surface area contributed by atoms with E-state index in [0.29, 0.717) is 19.5 Å². The zero-order valence-corrected chi connectivity index (χ0v) is 19.4. The van der Waals surface area contributed by atoms with Crippen LogP contribution in [0.3, 0.4) is 0 Å². The first kappa shape index (κ1) is 24.3. The summed E-state index contributed by atoms with van der Waals surface area (Å²) in [4.78, 5) is 49.7. The second kappa shape index (κ2) is 11.0. The van der Waals surface area contributed by atoms with Gasteiger partial charge in [0.1, 0.15) is 12.6 Å². The summed E-state index contributed by atoms with van der Waals surface area (Å²) in [5.74, 6) is -1.65. The number of hydrogen-bond donors (Lipinski definition) is 3. The Bertz CT molecular complexity index is 1070. The van der Waals surface area contributed by atoms with Crippen molar-refractivity contribution >= 4 is 23.9 Å². The van der Waals surface area contributed by atoms with Crippen LogP contribution in [0.5, 0.6) is 0 Å². The lowest BCUT2D eigenvalue weighted by Gasteiger charge is -2.20. The number of benzene rings is 2. The SMILES string of the molecule is O=C(O)CCC(NC(=O)OCC1c2ccccc2-c2ccccc21)C(=O)NCCN1CCCC1=O. The maximum absolute atomic E-state index is 12.7. The molecule has 2 aromatic rings. The first-order chi connectivity index (χ1) is 16.9. The zero-order chi connectivity index (χ0) is 24.8. The van der Waals surface area contributed by atoms with Crippen molar-refractivity contribution in [3.05, 3.63) is 59.7 Å². The highest BCUT2D eigenvalue weighted by Crippen LogP contribution is 2.44. The number of rotatable bonds is 10. The molecule has 1 saturated heterocycles.